The Kier molecular flexibility index (Phi) is 7.03. The second-order valence-corrected chi connectivity index (χ2v) is 12.1. The first kappa shape index (κ1) is 25.0. The summed E-state index contributed by atoms with van der Waals surface area (Å²) in [5.74, 6) is 0.666. The van der Waals surface area contributed by atoms with E-state index in [2.05, 4.69) is 0 Å². The Hall–Kier alpha value is -3.13. The van der Waals surface area contributed by atoms with E-state index in [9.17, 15) is 16.8 Å². The van der Waals surface area contributed by atoms with Gasteiger partial charge in [-0.25, -0.2) is 16.8 Å². The van der Waals surface area contributed by atoms with Gasteiger partial charge in [-0.2, -0.15) is 0 Å². The third kappa shape index (κ3) is 4.98. The Balaban J connectivity index is 1.67. The number of ether oxygens (including phenoxy) is 1. The molecule has 35 heavy (non-hydrogen) atoms. The van der Waals surface area contributed by atoms with Crippen LogP contribution in [0.25, 0.3) is 11.1 Å². The Labute approximate surface area is 210 Å². The van der Waals surface area contributed by atoms with Crippen LogP contribution in [0.4, 0.5) is 0 Å². The summed E-state index contributed by atoms with van der Waals surface area (Å²) in [6.07, 6.45) is 0. The van der Waals surface area contributed by atoms with Crippen molar-refractivity contribution in [3.8, 4) is 16.9 Å². The van der Waals surface area contributed by atoms with E-state index in [0.29, 0.717) is 11.3 Å². The number of hydrogen-bond donors (Lipinski definition) is 0. The minimum atomic E-state index is -3.70. The van der Waals surface area contributed by atoms with E-state index in [1.807, 2.05) is 6.92 Å². The molecule has 0 saturated heterocycles. The molecule has 0 radical (unpaired) electrons. The molecule has 0 atom stereocenters. The highest BCUT2D eigenvalue weighted by Crippen LogP contribution is 2.32. The highest BCUT2D eigenvalue weighted by Gasteiger charge is 2.21. The summed E-state index contributed by atoms with van der Waals surface area (Å²) in [5, 5.41) is 0. The molecule has 0 bridgehead atoms. The second kappa shape index (κ2) is 9.85. The van der Waals surface area contributed by atoms with Crippen LogP contribution in [0, 0.1) is 6.92 Å². The molecule has 0 spiro atoms. The van der Waals surface area contributed by atoms with Crippen molar-refractivity contribution in [2.45, 2.75) is 32.4 Å². The van der Waals surface area contributed by atoms with Crippen LogP contribution in [0.15, 0.2) is 111 Å². The summed E-state index contributed by atoms with van der Waals surface area (Å²) in [6.45, 7) is 1.89. The minimum Gasteiger partial charge on any atom is -0.497 e. The van der Waals surface area contributed by atoms with Crippen LogP contribution in [0.5, 0.6) is 5.75 Å². The van der Waals surface area contributed by atoms with Crippen molar-refractivity contribution in [2.75, 3.05) is 7.11 Å². The van der Waals surface area contributed by atoms with Crippen LogP contribution >= 0.6 is 11.6 Å². The molecule has 180 valence electrons. The lowest BCUT2D eigenvalue weighted by Gasteiger charge is -2.12. The number of aryl methyl sites for hydroxylation is 1. The molecular weight excluding hydrogens is 504 g/mol. The third-order valence-electron chi connectivity index (χ3n) is 5.71. The quantitative estimate of drug-likeness (QED) is 0.273. The van der Waals surface area contributed by atoms with Crippen molar-refractivity contribution in [1.29, 1.82) is 0 Å². The average Bonchev–Trinajstić information content (AvgIpc) is 2.88. The summed E-state index contributed by atoms with van der Waals surface area (Å²) in [6, 6.07) is 24.1. The van der Waals surface area contributed by atoms with Crippen molar-refractivity contribution in [1.82, 2.24) is 0 Å². The number of alkyl halides is 1. The first-order chi connectivity index (χ1) is 16.7. The lowest BCUT2D eigenvalue weighted by atomic mass is 10.0. The normalized spacial score (nSPS) is 11.9. The van der Waals surface area contributed by atoms with Gasteiger partial charge < -0.3 is 4.74 Å². The monoisotopic (exact) mass is 526 g/mol. The fourth-order valence-corrected chi connectivity index (χ4v) is 6.48. The van der Waals surface area contributed by atoms with Gasteiger partial charge in [-0.15, -0.1) is 11.6 Å². The maximum absolute atomic E-state index is 13.1. The van der Waals surface area contributed by atoms with Crippen LogP contribution in [-0.4, -0.2) is 23.9 Å². The van der Waals surface area contributed by atoms with E-state index >= 15 is 0 Å². The maximum Gasteiger partial charge on any atom is 0.206 e. The second-order valence-electron chi connectivity index (χ2n) is 7.97. The Morgan fingerprint density at radius 1 is 0.657 bits per heavy atom. The third-order valence-corrected chi connectivity index (χ3v) is 9.55. The molecule has 4 aromatic carbocycles. The molecule has 0 aliphatic carbocycles. The Bertz CT molecular complexity index is 1560. The van der Waals surface area contributed by atoms with E-state index in [1.54, 1.807) is 66.7 Å². The molecular formula is C27H23ClO5S2. The number of hydrogen-bond acceptors (Lipinski definition) is 5. The summed E-state index contributed by atoms with van der Waals surface area (Å²) in [5.41, 5.74) is 3.06. The predicted octanol–water partition coefficient (Wildman–Crippen LogP) is 6.08. The SMILES string of the molecule is COc1ccc(S(=O)(=O)c2ccc(-c3ccc(S(=O)(=O)c4ccc(C)cc4)cc3CCl)cc2)cc1. The topological polar surface area (TPSA) is 77.5 Å². The molecule has 8 heteroatoms. The minimum absolute atomic E-state index is 0.0957. The zero-order chi connectivity index (χ0) is 25.2. The summed E-state index contributed by atoms with van der Waals surface area (Å²) >= 11 is 6.18. The van der Waals surface area contributed by atoms with Gasteiger partial charge in [-0.1, -0.05) is 35.9 Å². The van der Waals surface area contributed by atoms with Crippen molar-refractivity contribution in [2.24, 2.45) is 0 Å². The summed E-state index contributed by atoms with van der Waals surface area (Å²) in [4.78, 5) is 0.680. The molecule has 0 fully saturated rings. The zero-order valence-corrected chi connectivity index (χ0v) is 21.5. The van der Waals surface area contributed by atoms with Crippen LogP contribution in [0.2, 0.25) is 0 Å². The fourth-order valence-electron chi connectivity index (χ4n) is 3.69. The van der Waals surface area contributed by atoms with Gasteiger partial charge in [0.15, 0.2) is 0 Å². The van der Waals surface area contributed by atoms with Crippen LogP contribution < -0.4 is 4.74 Å². The molecule has 0 amide bonds. The van der Waals surface area contributed by atoms with Crippen molar-refractivity contribution in [3.63, 3.8) is 0 Å². The first-order valence-corrected chi connectivity index (χ1v) is 14.2. The van der Waals surface area contributed by atoms with Gasteiger partial charge in [-0.05, 0) is 84.3 Å². The maximum atomic E-state index is 13.1. The number of rotatable bonds is 7. The molecule has 0 aromatic heterocycles. The number of methoxy groups -OCH3 is 1. The summed E-state index contributed by atoms with van der Waals surface area (Å²) < 4.78 is 57.2. The Morgan fingerprint density at radius 2 is 1.11 bits per heavy atom. The largest absolute Gasteiger partial charge is 0.497 e. The van der Waals surface area contributed by atoms with Gasteiger partial charge >= 0.3 is 0 Å². The van der Waals surface area contributed by atoms with Gasteiger partial charge in [0, 0.05) is 5.88 Å². The van der Waals surface area contributed by atoms with E-state index in [0.717, 1.165) is 16.7 Å². The molecule has 0 N–H and O–H groups in total. The van der Waals surface area contributed by atoms with Gasteiger partial charge in [-0.3, -0.25) is 0 Å². The van der Waals surface area contributed by atoms with Crippen molar-refractivity contribution in [3.05, 3.63) is 102 Å². The molecule has 0 aliphatic heterocycles. The van der Waals surface area contributed by atoms with Crippen LogP contribution in [0.1, 0.15) is 11.1 Å². The van der Waals surface area contributed by atoms with Crippen molar-refractivity contribution >= 4 is 31.3 Å². The lowest BCUT2D eigenvalue weighted by Crippen LogP contribution is -2.03. The number of benzene rings is 4. The molecule has 0 saturated carbocycles. The molecule has 5 nitrogen and oxygen atoms in total. The van der Waals surface area contributed by atoms with E-state index in [-0.39, 0.29) is 25.5 Å². The van der Waals surface area contributed by atoms with E-state index in [1.165, 1.54) is 31.4 Å². The highest BCUT2D eigenvalue weighted by atomic mass is 35.5. The van der Waals surface area contributed by atoms with Gasteiger partial charge in [0.2, 0.25) is 19.7 Å². The first-order valence-electron chi connectivity index (χ1n) is 10.7. The van der Waals surface area contributed by atoms with E-state index < -0.39 is 19.7 Å². The van der Waals surface area contributed by atoms with Gasteiger partial charge in [0.05, 0.1) is 26.7 Å². The predicted molar refractivity (Wildman–Crippen MR) is 137 cm³/mol. The smallest absolute Gasteiger partial charge is 0.206 e. The van der Waals surface area contributed by atoms with Crippen LogP contribution in [-0.2, 0) is 25.6 Å². The molecule has 4 aromatic rings. The Morgan fingerprint density at radius 3 is 1.63 bits per heavy atom. The van der Waals surface area contributed by atoms with Gasteiger partial charge in [0.25, 0.3) is 0 Å². The molecule has 0 heterocycles. The van der Waals surface area contributed by atoms with Crippen molar-refractivity contribution < 1.29 is 21.6 Å². The summed E-state index contributed by atoms with van der Waals surface area (Å²) in [7, 11) is -5.88. The fraction of sp³-hybridized carbons (Fsp3) is 0.111. The van der Waals surface area contributed by atoms with Crippen LogP contribution in [0.3, 0.4) is 0 Å². The average molecular weight is 527 g/mol. The zero-order valence-electron chi connectivity index (χ0n) is 19.1. The molecule has 4 rings (SSSR count). The standard InChI is InChI=1S/C27H23ClO5S2/c1-19-3-9-23(10-4-19)35(31,32)26-15-16-27(21(17-26)18-28)20-5-11-24(12-6-20)34(29,30)25-13-7-22(33-2)8-14-25/h3-17H,18H2,1-2H3. The van der Waals surface area contributed by atoms with E-state index in [4.69, 9.17) is 16.3 Å². The highest BCUT2D eigenvalue weighted by molar-refractivity contribution is 7.91. The van der Waals surface area contributed by atoms with Gasteiger partial charge in [0.1, 0.15) is 5.75 Å². The number of sulfone groups is 2. The molecule has 0 unspecified atom stereocenters. The number of halogens is 1. The molecule has 0 aliphatic rings. The lowest BCUT2D eigenvalue weighted by molar-refractivity contribution is 0.414.